The Balaban J connectivity index is 2.40. The molecule has 0 aliphatic rings. The number of halogens is 1. The van der Waals surface area contributed by atoms with E-state index in [1.54, 1.807) is 17.0 Å². The molecule has 2 aromatic rings. The molecule has 0 unspecified atom stereocenters. The van der Waals surface area contributed by atoms with Crippen LogP contribution in [0.25, 0.3) is 0 Å². The second-order valence-electron chi connectivity index (χ2n) is 8.76. The Labute approximate surface area is 184 Å². The molecule has 0 atom stereocenters. The summed E-state index contributed by atoms with van der Waals surface area (Å²) in [4.78, 5) is 28.8. The van der Waals surface area contributed by atoms with Crippen LogP contribution in [-0.4, -0.2) is 44.5 Å². The van der Waals surface area contributed by atoms with E-state index in [9.17, 15) is 14.0 Å². The van der Waals surface area contributed by atoms with E-state index in [-0.39, 0.29) is 30.8 Å². The fraction of sp³-hybridized carbons (Fsp3) is 0.417. The molecular formula is C24H32FN3O3. The highest BCUT2D eigenvalue weighted by Gasteiger charge is 2.28. The van der Waals surface area contributed by atoms with Gasteiger partial charge < -0.3 is 19.9 Å². The van der Waals surface area contributed by atoms with Gasteiger partial charge in [0.25, 0.3) is 0 Å². The van der Waals surface area contributed by atoms with Crippen LogP contribution in [0.15, 0.2) is 42.5 Å². The van der Waals surface area contributed by atoms with Crippen LogP contribution < -0.4 is 10.2 Å². The summed E-state index contributed by atoms with van der Waals surface area (Å²) in [5, 5.41) is 2.80. The molecule has 168 valence electrons. The van der Waals surface area contributed by atoms with Crippen molar-refractivity contribution < 1.29 is 18.7 Å². The van der Waals surface area contributed by atoms with E-state index in [2.05, 4.69) is 5.32 Å². The Hall–Kier alpha value is -2.93. The summed E-state index contributed by atoms with van der Waals surface area (Å²) in [7, 11) is 5.30. The molecule has 0 saturated heterocycles. The Morgan fingerprint density at radius 3 is 2.35 bits per heavy atom. The number of hydrogen-bond donors (Lipinski definition) is 1. The normalized spacial score (nSPS) is 11.2. The Morgan fingerprint density at radius 2 is 1.77 bits per heavy atom. The van der Waals surface area contributed by atoms with E-state index < -0.39 is 5.41 Å². The highest BCUT2D eigenvalue weighted by Crippen LogP contribution is 2.28. The number of ether oxygens (including phenoxy) is 1. The Bertz CT molecular complexity index is 923. The van der Waals surface area contributed by atoms with Gasteiger partial charge in [0.15, 0.2) is 0 Å². The van der Waals surface area contributed by atoms with E-state index >= 15 is 0 Å². The minimum atomic E-state index is -0.601. The number of carbonyl (C=O) groups is 2. The van der Waals surface area contributed by atoms with Gasteiger partial charge in [-0.3, -0.25) is 9.59 Å². The third-order valence-corrected chi connectivity index (χ3v) is 4.67. The smallest absolute Gasteiger partial charge is 0.250 e. The largest absolute Gasteiger partial charge is 0.377 e. The molecule has 0 saturated carbocycles. The van der Waals surface area contributed by atoms with Gasteiger partial charge in [-0.1, -0.05) is 32.9 Å². The van der Waals surface area contributed by atoms with Crippen molar-refractivity contribution in [1.29, 1.82) is 0 Å². The SMILES string of the molecule is COCC(=O)Nc1ccc(N(C)C)c(CN(Cc2cccc(F)c2)C(=O)C(C)(C)C)c1. The average molecular weight is 430 g/mol. The van der Waals surface area contributed by atoms with Crippen molar-refractivity contribution in [2.45, 2.75) is 33.9 Å². The highest BCUT2D eigenvalue weighted by molar-refractivity contribution is 5.92. The molecule has 0 aromatic heterocycles. The van der Waals surface area contributed by atoms with Crippen LogP contribution in [0.3, 0.4) is 0 Å². The molecule has 2 rings (SSSR count). The van der Waals surface area contributed by atoms with Crippen molar-refractivity contribution in [1.82, 2.24) is 4.90 Å². The first-order valence-electron chi connectivity index (χ1n) is 10.1. The van der Waals surface area contributed by atoms with Crippen LogP contribution in [0.1, 0.15) is 31.9 Å². The zero-order chi connectivity index (χ0) is 23.2. The summed E-state index contributed by atoms with van der Waals surface area (Å²) in [6.07, 6.45) is 0. The van der Waals surface area contributed by atoms with Gasteiger partial charge in [-0.2, -0.15) is 0 Å². The lowest BCUT2D eigenvalue weighted by molar-refractivity contribution is -0.140. The lowest BCUT2D eigenvalue weighted by Gasteiger charge is -2.31. The molecule has 1 N–H and O–H groups in total. The zero-order valence-electron chi connectivity index (χ0n) is 19.2. The number of carbonyl (C=O) groups excluding carboxylic acids is 2. The maximum Gasteiger partial charge on any atom is 0.250 e. The molecule has 0 spiro atoms. The Kier molecular flexibility index (Phi) is 8.16. The van der Waals surface area contributed by atoms with Gasteiger partial charge in [0.05, 0.1) is 0 Å². The first-order valence-corrected chi connectivity index (χ1v) is 10.1. The molecule has 0 aliphatic carbocycles. The van der Waals surface area contributed by atoms with Crippen molar-refractivity contribution >= 4 is 23.2 Å². The van der Waals surface area contributed by atoms with Gasteiger partial charge in [-0.15, -0.1) is 0 Å². The second kappa shape index (κ2) is 10.4. The van der Waals surface area contributed by atoms with Gasteiger partial charge in [0.1, 0.15) is 12.4 Å². The summed E-state index contributed by atoms with van der Waals surface area (Å²) in [5.74, 6) is -0.638. The number of benzene rings is 2. The number of amides is 2. The molecule has 0 heterocycles. The number of anilines is 2. The number of hydrogen-bond acceptors (Lipinski definition) is 4. The average Bonchev–Trinajstić information content (AvgIpc) is 2.66. The van der Waals surface area contributed by atoms with Crippen molar-refractivity contribution in [3.05, 3.63) is 59.4 Å². The minimum Gasteiger partial charge on any atom is -0.377 e. The Morgan fingerprint density at radius 1 is 1.06 bits per heavy atom. The molecule has 0 aliphatic heterocycles. The third kappa shape index (κ3) is 7.07. The lowest BCUT2D eigenvalue weighted by atomic mass is 9.94. The maximum atomic E-state index is 13.7. The molecule has 0 fully saturated rings. The quantitative estimate of drug-likeness (QED) is 0.688. The second-order valence-corrected chi connectivity index (χ2v) is 8.76. The van der Waals surface area contributed by atoms with E-state index in [1.165, 1.54) is 19.2 Å². The zero-order valence-corrected chi connectivity index (χ0v) is 19.2. The summed E-state index contributed by atoms with van der Waals surface area (Å²) >= 11 is 0. The van der Waals surface area contributed by atoms with Crippen LogP contribution in [0, 0.1) is 11.2 Å². The van der Waals surface area contributed by atoms with Crippen molar-refractivity contribution in [2.75, 3.05) is 38.0 Å². The molecule has 2 amide bonds. The standard InChI is InChI=1S/C24H32FN3O3/c1-24(2,3)23(30)28(14-17-8-7-9-19(25)12-17)15-18-13-20(26-22(29)16-31-6)10-11-21(18)27(4)5/h7-13H,14-16H2,1-6H3,(H,26,29). The number of rotatable bonds is 8. The summed E-state index contributed by atoms with van der Waals surface area (Å²) in [6, 6.07) is 11.8. The van der Waals surface area contributed by atoms with E-state index in [0.717, 1.165) is 11.3 Å². The molecule has 6 nitrogen and oxygen atoms in total. The van der Waals surface area contributed by atoms with Crippen LogP contribution in [-0.2, 0) is 27.4 Å². The molecular weight excluding hydrogens is 397 g/mol. The lowest BCUT2D eigenvalue weighted by Crippen LogP contribution is -2.39. The number of nitrogens with one attached hydrogen (secondary N) is 1. The maximum absolute atomic E-state index is 13.7. The van der Waals surface area contributed by atoms with Crippen molar-refractivity contribution in [3.8, 4) is 0 Å². The topological polar surface area (TPSA) is 61.9 Å². The van der Waals surface area contributed by atoms with E-state index in [1.807, 2.05) is 58.0 Å². The summed E-state index contributed by atoms with van der Waals surface area (Å²) < 4.78 is 18.6. The van der Waals surface area contributed by atoms with Crippen LogP contribution in [0.4, 0.5) is 15.8 Å². The third-order valence-electron chi connectivity index (χ3n) is 4.67. The van der Waals surface area contributed by atoms with Gasteiger partial charge in [-0.25, -0.2) is 4.39 Å². The summed E-state index contributed by atoms with van der Waals surface area (Å²) in [6.45, 7) is 6.14. The van der Waals surface area contributed by atoms with Crippen LogP contribution >= 0.6 is 0 Å². The predicted molar refractivity (Wildman–Crippen MR) is 121 cm³/mol. The van der Waals surface area contributed by atoms with E-state index in [0.29, 0.717) is 17.8 Å². The number of nitrogens with zero attached hydrogens (tertiary/aromatic N) is 2. The number of methoxy groups -OCH3 is 1. The van der Waals surface area contributed by atoms with Gasteiger partial charge in [0.2, 0.25) is 11.8 Å². The molecule has 2 aromatic carbocycles. The highest BCUT2D eigenvalue weighted by atomic mass is 19.1. The van der Waals surface area contributed by atoms with Gasteiger partial charge in [0, 0.05) is 51.1 Å². The monoisotopic (exact) mass is 429 g/mol. The van der Waals surface area contributed by atoms with E-state index in [4.69, 9.17) is 4.74 Å². The summed E-state index contributed by atoms with van der Waals surface area (Å²) in [5.41, 5.74) is 2.53. The first kappa shape index (κ1) is 24.3. The van der Waals surface area contributed by atoms with Gasteiger partial charge in [-0.05, 0) is 41.5 Å². The molecule has 0 bridgehead atoms. The fourth-order valence-corrected chi connectivity index (χ4v) is 3.29. The molecule has 31 heavy (non-hydrogen) atoms. The van der Waals surface area contributed by atoms with Gasteiger partial charge >= 0.3 is 0 Å². The predicted octanol–water partition coefficient (Wildman–Crippen LogP) is 4.05. The molecule has 0 radical (unpaired) electrons. The van der Waals surface area contributed by atoms with Crippen molar-refractivity contribution in [3.63, 3.8) is 0 Å². The van der Waals surface area contributed by atoms with Crippen LogP contribution in [0.2, 0.25) is 0 Å². The molecule has 7 heteroatoms. The van der Waals surface area contributed by atoms with Crippen molar-refractivity contribution in [2.24, 2.45) is 5.41 Å². The van der Waals surface area contributed by atoms with Crippen LogP contribution in [0.5, 0.6) is 0 Å². The fourth-order valence-electron chi connectivity index (χ4n) is 3.29. The first-order chi connectivity index (χ1) is 14.5. The minimum absolute atomic E-state index is 0.0427.